The molecule has 9 nitrogen and oxygen atoms in total. The standard InChI is InChI=1S/C17H17N9/c1-2-5-13(6-3-1)26-17-15(22-23-26)16(19-11-20-17)25-8-4-7-14(25)9-24-12-18-10-21-24/h1-3,5-6,10-12,14H,4,7-9H2/t14-/m0/s1. The molecule has 0 amide bonds. The molecule has 1 aliphatic heterocycles. The lowest BCUT2D eigenvalue weighted by atomic mass is 10.2. The summed E-state index contributed by atoms with van der Waals surface area (Å²) >= 11 is 0. The maximum atomic E-state index is 4.53. The van der Waals surface area contributed by atoms with Gasteiger partial charge >= 0.3 is 0 Å². The van der Waals surface area contributed by atoms with Gasteiger partial charge in [-0.2, -0.15) is 9.78 Å². The minimum Gasteiger partial charge on any atom is -0.350 e. The molecule has 0 unspecified atom stereocenters. The first kappa shape index (κ1) is 14.9. The second kappa shape index (κ2) is 6.17. The number of hydrogen-bond donors (Lipinski definition) is 0. The second-order valence-electron chi connectivity index (χ2n) is 6.31. The van der Waals surface area contributed by atoms with Crippen molar-refractivity contribution >= 4 is 17.0 Å². The van der Waals surface area contributed by atoms with Gasteiger partial charge in [0.05, 0.1) is 18.3 Å². The molecule has 4 aromatic rings. The Labute approximate surface area is 149 Å². The molecular weight excluding hydrogens is 330 g/mol. The van der Waals surface area contributed by atoms with Gasteiger partial charge in [0.2, 0.25) is 0 Å². The SMILES string of the molecule is c1ccc(-n2nnc3c(N4CCC[C@H]4Cn4cncn4)ncnc32)cc1. The normalized spacial score (nSPS) is 17.2. The number of benzene rings is 1. The van der Waals surface area contributed by atoms with Crippen molar-refractivity contribution in [1.29, 1.82) is 0 Å². The average Bonchev–Trinajstić information content (AvgIpc) is 3.43. The van der Waals surface area contributed by atoms with Gasteiger partial charge in [-0.15, -0.1) is 5.10 Å². The van der Waals surface area contributed by atoms with Gasteiger partial charge in [0.15, 0.2) is 17.0 Å². The largest absolute Gasteiger partial charge is 0.350 e. The van der Waals surface area contributed by atoms with E-state index in [1.165, 1.54) is 0 Å². The highest BCUT2D eigenvalue weighted by Gasteiger charge is 2.29. The lowest BCUT2D eigenvalue weighted by molar-refractivity contribution is 0.506. The van der Waals surface area contributed by atoms with Gasteiger partial charge in [0.25, 0.3) is 0 Å². The number of anilines is 1. The minimum absolute atomic E-state index is 0.302. The van der Waals surface area contributed by atoms with Crippen molar-refractivity contribution in [3.8, 4) is 5.69 Å². The van der Waals surface area contributed by atoms with Gasteiger partial charge in [-0.3, -0.25) is 4.68 Å². The zero-order valence-electron chi connectivity index (χ0n) is 14.0. The molecule has 0 saturated carbocycles. The molecule has 0 aliphatic carbocycles. The highest BCUT2D eigenvalue weighted by molar-refractivity contribution is 5.83. The van der Waals surface area contributed by atoms with E-state index < -0.39 is 0 Å². The summed E-state index contributed by atoms with van der Waals surface area (Å²) in [6.07, 6.45) is 7.09. The van der Waals surface area contributed by atoms with Crippen LogP contribution in [0, 0.1) is 0 Å². The Morgan fingerprint density at radius 2 is 2.00 bits per heavy atom. The van der Waals surface area contributed by atoms with Crippen molar-refractivity contribution in [2.24, 2.45) is 0 Å². The summed E-state index contributed by atoms with van der Waals surface area (Å²) in [6.45, 7) is 1.71. The molecule has 1 aromatic carbocycles. The Morgan fingerprint density at radius 3 is 2.85 bits per heavy atom. The van der Waals surface area contributed by atoms with E-state index in [-0.39, 0.29) is 0 Å². The molecule has 1 saturated heterocycles. The van der Waals surface area contributed by atoms with E-state index in [1.54, 1.807) is 23.7 Å². The van der Waals surface area contributed by atoms with Crippen LogP contribution in [0.4, 0.5) is 5.82 Å². The van der Waals surface area contributed by atoms with Crippen LogP contribution in [-0.4, -0.2) is 52.3 Å². The predicted octanol–water partition coefficient (Wildman–Crippen LogP) is 1.47. The number of nitrogens with zero attached hydrogens (tertiary/aromatic N) is 9. The van der Waals surface area contributed by atoms with E-state index >= 15 is 0 Å². The van der Waals surface area contributed by atoms with Crippen molar-refractivity contribution in [2.45, 2.75) is 25.4 Å². The van der Waals surface area contributed by atoms with Crippen LogP contribution in [0.5, 0.6) is 0 Å². The molecule has 0 bridgehead atoms. The summed E-state index contributed by atoms with van der Waals surface area (Å²) < 4.78 is 3.62. The number of hydrogen-bond acceptors (Lipinski definition) is 7. The zero-order valence-corrected chi connectivity index (χ0v) is 14.0. The smallest absolute Gasteiger partial charge is 0.189 e. The maximum absolute atomic E-state index is 4.53. The van der Waals surface area contributed by atoms with Gasteiger partial charge in [-0.25, -0.2) is 15.0 Å². The highest BCUT2D eigenvalue weighted by atomic mass is 15.5. The van der Waals surface area contributed by atoms with E-state index in [2.05, 4.69) is 35.3 Å². The molecule has 4 heterocycles. The third kappa shape index (κ3) is 2.48. The first-order chi connectivity index (χ1) is 12.9. The number of fused-ring (bicyclic) bond motifs is 1. The van der Waals surface area contributed by atoms with E-state index in [0.717, 1.165) is 43.0 Å². The summed E-state index contributed by atoms with van der Waals surface area (Å²) in [6, 6.07) is 10.2. The first-order valence-corrected chi connectivity index (χ1v) is 8.61. The van der Waals surface area contributed by atoms with Crippen LogP contribution in [0.25, 0.3) is 16.9 Å². The third-order valence-corrected chi connectivity index (χ3v) is 4.73. The Bertz CT molecular complexity index is 1010. The fraction of sp³-hybridized carbons (Fsp3) is 0.294. The summed E-state index contributed by atoms with van der Waals surface area (Å²) in [5, 5.41) is 12.9. The summed E-state index contributed by atoms with van der Waals surface area (Å²) in [5.41, 5.74) is 2.37. The molecule has 130 valence electrons. The number of aromatic nitrogens is 8. The molecule has 1 fully saturated rings. The van der Waals surface area contributed by atoms with Gasteiger partial charge in [0, 0.05) is 6.54 Å². The van der Waals surface area contributed by atoms with Crippen LogP contribution in [0.15, 0.2) is 49.3 Å². The van der Waals surface area contributed by atoms with Crippen molar-refractivity contribution in [3.63, 3.8) is 0 Å². The molecule has 9 heteroatoms. The second-order valence-corrected chi connectivity index (χ2v) is 6.31. The molecule has 5 rings (SSSR count). The minimum atomic E-state index is 0.302. The monoisotopic (exact) mass is 347 g/mol. The van der Waals surface area contributed by atoms with Crippen LogP contribution in [0.2, 0.25) is 0 Å². The maximum Gasteiger partial charge on any atom is 0.189 e. The molecule has 26 heavy (non-hydrogen) atoms. The van der Waals surface area contributed by atoms with Crippen LogP contribution >= 0.6 is 0 Å². The van der Waals surface area contributed by atoms with Gasteiger partial charge in [-0.05, 0) is 25.0 Å². The quantitative estimate of drug-likeness (QED) is 0.552. The van der Waals surface area contributed by atoms with Crippen molar-refractivity contribution in [1.82, 2.24) is 39.7 Å². The third-order valence-electron chi connectivity index (χ3n) is 4.73. The van der Waals surface area contributed by atoms with E-state index in [4.69, 9.17) is 0 Å². The van der Waals surface area contributed by atoms with Crippen LogP contribution in [0.3, 0.4) is 0 Å². The van der Waals surface area contributed by atoms with Gasteiger partial charge < -0.3 is 4.90 Å². The first-order valence-electron chi connectivity index (χ1n) is 8.61. The summed E-state index contributed by atoms with van der Waals surface area (Å²) in [5.74, 6) is 0.833. The topological polar surface area (TPSA) is 90.4 Å². The van der Waals surface area contributed by atoms with Crippen molar-refractivity contribution in [2.75, 3.05) is 11.4 Å². The molecule has 1 atom stereocenters. The molecule has 1 aliphatic rings. The van der Waals surface area contributed by atoms with Crippen LogP contribution in [0.1, 0.15) is 12.8 Å². The van der Waals surface area contributed by atoms with Crippen molar-refractivity contribution < 1.29 is 0 Å². The van der Waals surface area contributed by atoms with Crippen molar-refractivity contribution in [3.05, 3.63) is 49.3 Å². The Kier molecular flexibility index (Phi) is 3.55. The lowest BCUT2D eigenvalue weighted by Gasteiger charge is -2.25. The molecule has 3 aromatic heterocycles. The van der Waals surface area contributed by atoms with Gasteiger partial charge in [-0.1, -0.05) is 23.4 Å². The summed E-state index contributed by atoms with van der Waals surface area (Å²) in [4.78, 5) is 15.3. The fourth-order valence-electron chi connectivity index (χ4n) is 3.54. The Hall–Kier alpha value is -3.36. The van der Waals surface area contributed by atoms with Crippen LogP contribution in [-0.2, 0) is 6.54 Å². The number of rotatable bonds is 4. The lowest BCUT2D eigenvalue weighted by Crippen LogP contribution is -2.34. The summed E-state index contributed by atoms with van der Waals surface area (Å²) in [7, 11) is 0. The van der Waals surface area contributed by atoms with E-state index in [9.17, 15) is 0 Å². The number of para-hydroxylation sites is 1. The molecule has 0 radical (unpaired) electrons. The highest BCUT2D eigenvalue weighted by Crippen LogP contribution is 2.29. The Balaban J connectivity index is 1.54. The van der Waals surface area contributed by atoms with E-state index in [0.29, 0.717) is 11.7 Å². The fourth-order valence-corrected chi connectivity index (χ4v) is 3.54. The molecule has 0 spiro atoms. The van der Waals surface area contributed by atoms with E-state index in [1.807, 2.05) is 35.0 Å². The average molecular weight is 347 g/mol. The Morgan fingerprint density at radius 1 is 1.08 bits per heavy atom. The zero-order chi connectivity index (χ0) is 17.3. The van der Waals surface area contributed by atoms with Gasteiger partial charge in [0.1, 0.15) is 19.0 Å². The molecular formula is C17H17N9. The predicted molar refractivity (Wildman–Crippen MR) is 94.8 cm³/mol. The molecule has 0 N–H and O–H groups in total. The van der Waals surface area contributed by atoms with Crippen LogP contribution < -0.4 is 4.90 Å².